The highest BCUT2D eigenvalue weighted by Crippen LogP contribution is 2.42. The highest BCUT2D eigenvalue weighted by Gasteiger charge is 2.29. The highest BCUT2D eigenvalue weighted by molar-refractivity contribution is 7.93. The van der Waals surface area contributed by atoms with E-state index < -0.39 is 10.0 Å². The van der Waals surface area contributed by atoms with Crippen LogP contribution >= 0.6 is 0 Å². The number of nitrogens with one attached hydrogen (secondary N) is 3. The van der Waals surface area contributed by atoms with E-state index in [0.29, 0.717) is 39.7 Å². The van der Waals surface area contributed by atoms with Gasteiger partial charge in [-0.1, -0.05) is 5.16 Å². The maximum Gasteiger partial charge on any atom is 0.270 e. The molecule has 1 aliphatic rings. The van der Waals surface area contributed by atoms with Crippen LogP contribution < -0.4 is 24.2 Å². The highest BCUT2D eigenvalue weighted by atomic mass is 32.2. The minimum Gasteiger partial charge on any atom is -0.495 e. The van der Waals surface area contributed by atoms with E-state index in [4.69, 9.17) is 23.2 Å². The van der Waals surface area contributed by atoms with Gasteiger partial charge in [-0.3, -0.25) is 9.82 Å². The number of methoxy groups -OCH3 is 3. The van der Waals surface area contributed by atoms with Crippen LogP contribution in [-0.2, 0) is 10.0 Å². The Kier molecular flexibility index (Phi) is 6.02. The van der Waals surface area contributed by atoms with Crippen molar-refractivity contribution in [2.45, 2.75) is 23.7 Å². The number of rotatable bonds is 10. The third-order valence-electron chi connectivity index (χ3n) is 6.31. The number of hydrogen-bond acceptors (Lipinski definition) is 11. The molecule has 0 unspecified atom stereocenters. The summed E-state index contributed by atoms with van der Waals surface area (Å²) in [5, 5.41) is 14.9. The van der Waals surface area contributed by atoms with Gasteiger partial charge in [0.1, 0.15) is 23.5 Å². The van der Waals surface area contributed by atoms with Crippen LogP contribution in [0.15, 0.2) is 56.6 Å². The molecule has 2 aromatic carbocycles. The van der Waals surface area contributed by atoms with Crippen LogP contribution in [0.5, 0.6) is 17.2 Å². The van der Waals surface area contributed by atoms with Gasteiger partial charge in [-0.05, 0) is 31.0 Å². The van der Waals surface area contributed by atoms with Crippen molar-refractivity contribution in [3.05, 3.63) is 48.5 Å². The number of benzene rings is 2. The summed E-state index contributed by atoms with van der Waals surface area (Å²) in [6, 6.07) is 8.23. The van der Waals surface area contributed by atoms with Crippen molar-refractivity contribution in [3.8, 4) is 28.7 Å². The van der Waals surface area contributed by atoms with E-state index in [1.54, 1.807) is 12.1 Å². The van der Waals surface area contributed by atoms with E-state index in [1.807, 2.05) is 6.07 Å². The van der Waals surface area contributed by atoms with E-state index in [9.17, 15) is 8.42 Å². The number of nitrogens with zero attached hydrogens (tertiary/aromatic N) is 3. The van der Waals surface area contributed by atoms with Gasteiger partial charge in [0.15, 0.2) is 22.1 Å². The molecule has 3 aromatic heterocycles. The van der Waals surface area contributed by atoms with E-state index >= 15 is 0 Å². The minimum atomic E-state index is -4.27. The summed E-state index contributed by atoms with van der Waals surface area (Å²) in [5.74, 6) is 1.88. The van der Waals surface area contributed by atoms with Crippen molar-refractivity contribution in [1.29, 1.82) is 0 Å². The van der Waals surface area contributed by atoms with E-state index in [1.165, 1.54) is 45.9 Å². The smallest absolute Gasteiger partial charge is 0.270 e. The van der Waals surface area contributed by atoms with Crippen LogP contribution in [0.1, 0.15) is 24.5 Å². The third kappa shape index (κ3) is 4.58. The first kappa shape index (κ1) is 24.6. The molecule has 0 aliphatic heterocycles. The Bertz CT molecular complexity index is 1730. The number of ether oxygens (including phenoxy) is 3. The molecule has 0 amide bonds. The average Bonchev–Trinajstić information content (AvgIpc) is 3.29. The van der Waals surface area contributed by atoms with Crippen molar-refractivity contribution in [3.63, 3.8) is 0 Å². The molecular weight excluding hydrogens is 528 g/mol. The first-order valence-corrected chi connectivity index (χ1v) is 13.4. The molecule has 0 bridgehead atoms. The molecule has 3 heterocycles. The molecule has 0 radical (unpaired) electrons. The zero-order valence-corrected chi connectivity index (χ0v) is 22.0. The van der Waals surface area contributed by atoms with Gasteiger partial charge in [0.2, 0.25) is 5.89 Å². The molecule has 0 spiro atoms. The molecule has 0 atom stereocenters. The standard InChI is InChI=1S/C25H24N6O7S/c1-34-19-10-15-18(11-17(19)27-22-12-16(28-29-22)13-4-5-13)38-30-24(15)31-39(32,33)23-20(35-2)8-14(9-21(23)36-3)25-26-6-7-37-25/h6-13H,4-5H2,1-3H3,(H,30,31)(H2,27,28,29). The Morgan fingerprint density at radius 3 is 2.38 bits per heavy atom. The van der Waals surface area contributed by atoms with Crippen molar-refractivity contribution >= 4 is 38.3 Å². The Hall–Kier alpha value is -4.72. The van der Waals surface area contributed by atoms with Crippen molar-refractivity contribution in [2.24, 2.45) is 0 Å². The molecule has 39 heavy (non-hydrogen) atoms. The van der Waals surface area contributed by atoms with E-state index in [2.05, 4.69) is 30.4 Å². The fourth-order valence-corrected chi connectivity index (χ4v) is 5.58. The lowest BCUT2D eigenvalue weighted by Crippen LogP contribution is -2.16. The number of sulfonamides is 1. The number of oxazole rings is 1. The molecule has 1 fully saturated rings. The predicted molar refractivity (Wildman–Crippen MR) is 140 cm³/mol. The molecule has 5 aromatic rings. The van der Waals surface area contributed by atoms with Gasteiger partial charge in [-0.2, -0.15) is 5.10 Å². The van der Waals surface area contributed by atoms with Gasteiger partial charge in [-0.15, -0.1) is 0 Å². The Balaban J connectivity index is 1.34. The SMILES string of the molecule is COc1cc2c(NS(=O)(=O)c3c(OC)cc(-c4ncco4)cc3OC)noc2cc1Nc1cc(C2CC2)[nH]n1. The van der Waals surface area contributed by atoms with Crippen LogP contribution in [0.3, 0.4) is 0 Å². The van der Waals surface area contributed by atoms with Gasteiger partial charge < -0.3 is 28.5 Å². The van der Waals surface area contributed by atoms with E-state index in [-0.39, 0.29) is 28.1 Å². The van der Waals surface area contributed by atoms with Gasteiger partial charge in [0, 0.05) is 29.3 Å². The predicted octanol–water partition coefficient (Wildman–Crippen LogP) is 4.65. The van der Waals surface area contributed by atoms with Crippen LogP contribution in [0.25, 0.3) is 22.4 Å². The van der Waals surface area contributed by atoms with Gasteiger partial charge >= 0.3 is 0 Å². The monoisotopic (exact) mass is 552 g/mol. The summed E-state index contributed by atoms with van der Waals surface area (Å²) < 4.78 is 56.8. The van der Waals surface area contributed by atoms with Crippen LogP contribution in [0.4, 0.5) is 17.3 Å². The summed E-state index contributed by atoms with van der Waals surface area (Å²) in [5.41, 5.74) is 2.46. The average molecular weight is 553 g/mol. The second kappa shape index (κ2) is 9.54. The third-order valence-corrected chi connectivity index (χ3v) is 7.71. The van der Waals surface area contributed by atoms with Crippen molar-refractivity contribution in [2.75, 3.05) is 31.4 Å². The van der Waals surface area contributed by atoms with Crippen LogP contribution in [0, 0.1) is 0 Å². The lowest BCUT2D eigenvalue weighted by atomic mass is 10.2. The van der Waals surface area contributed by atoms with Crippen molar-refractivity contribution in [1.82, 2.24) is 20.3 Å². The second-order valence-electron chi connectivity index (χ2n) is 8.84. The quantitative estimate of drug-likeness (QED) is 0.221. The summed E-state index contributed by atoms with van der Waals surface area (Å²) >= 11 is 0. The molecule has 14 heteroatoms. The number of H-pyrrole nitrogens is 1. The lowest BCUT2D eigenvalue weighted by molar-refractivity contribution is 0.373. The molecule has 1 saturated carbocycles. The summed E-state index contributed by atoms with van der Waals surface area (Å²) in [4.78, 5) is 3.87. The Labute approximate surface area is 222 Å². The second-order valence-corrected chi connectivity index (χ2v) is 10.5. The molecule has 202 valence electrons. The number of anilines is 3. The molecule has 1 aliphatic carbocycles. The molecule has 13 nitrogen and oxygen atoms in total. The number of aromatic nitrogens is 4. The van der Waals surface area contributed by atoms with Crippen LogP contribution in [0.2, 0.25) is 0 Å². The van der Waals surface area contributed by atoms with E-state index in [0.717, 1.165) is 18.5 Å². The lowest BCUT2D eigenvalue weighted by Gasteiger charge is -2.15. The normalized spacial score (nSPS) is 13.4. The zero-order chi connectivity index (χ0) is 27.1. The first-order valence-electron chi connectivity index (χ1n) is 11.9. The molecule has 6 rings (SSSR count). The summed E-state index contributed by atoms with van der Waals surface area (Å²) in [6.45, 7) is 0. The summed E-state index contributed by atoms with van der Waals surface area (Å²) in [7, 11) is -0.0543. The topological polar surface area (TPSA) is 167 Å². The number of fused-ring (bicyclic) bond motifs is 1. The largest absolute Gasteiger partial charge is 0.495 e. The zero-order valence-electron chi connectivity index (χ0n) is 21.1. The number of aromatic amines is 1. The Morgan fingerprint density at radius 2 is 1.74 bits per heavy atom. The van der Waals surface area contributed by atoms with Gasteiger partial charge in [0.25, 0.3) is 10.0 Å². The fourth-order valence-electron chi connectivity index (χ4n) is 4.26. The minimum absolute atomic E-state index is 0.0245. The summed E-state index contributed by atoms with van der Waals surface area (Å²) in [6.07, 6.45) is 5.19. The van der Waals surface area contributed by atoms with Gasteiger partial charge in [0.05, 0.1) is 38.6 Å². The first-order chi connectivity index (χ1) is 18.9. The molecular formula is C25H24N6O7S. The molecule has 3 N–H and O–H groups in total. The van der Waals surface area contributed by atoms with Crippen molar-refractivity contribution < 1.29 is 31.6 Å². The maximum absolute atomic E-state index is 13.6. The van der Waals surface area contributed by atoms with Gasteiger partial charge in [-0.25, -0.2) is 13.4 Å². The molecule has 0 saturated heterocycles. The fraction of sp³-hybridized carbons (Fsp3) is 0.240. The Morgan fingerprint density at radius 1 is 1.00 bits per heavy atom. The maximum atomic E-state index is 13.6. The van der Waals surface area contributed by atoms with Crippen LogP contribution in [-0.4, -0.2) is 50.1 Å². The number of hydrogen-bond donors (Lipinski definition) is 3.